The number of hydrogen-bond acceptors (Lipinski definition) is 3. The lowest BCUT2D eigenvalue weighted by molar-refractivity contribution is 0.256. The Labute approximate surface area is 120 Å². The van der Waals surface area contributed by atoms with Gasteiger partial charge in [0.25, 0.3) is 0 Å². The van der Waals surface area contributed by atoms with Crippen LogP contribution < -0.4 is 5.73 Å². The molecule has 0 saturated heterocycles. The van der Waals surface area contributed by atoms with Crippen molar-refractivity contribution in [2.75, 3.05) is 13.1 Å². The van der Waals surface area contributed by atoms with Gasteiger partial charge >= 0.3 is 0 Å². The van der Waals surface area contributed by atoms with Crippen LogP contribution >= 0.6 is 11.6 Å². The minimum absolute atomic E-state index is 0.0533. The molecule has 6 heteroatoms. The van der Waals surface area contributed by atoms with E-state index in [1.807, 2.05) is 25.6 Å². The molecule has 0 radical (unpaired) electrons. The number of nitrogens with one attached hydrogen (secondary N) is 1. The number of rotatable bonds is 7. The summed E-state index contributed by atoms with van der Waals surface area (Å²) in [6.45, 7) is 8.49. The molecule has 0 bridgehead atoms. The van der Waals surface area contributed by atoms with Crippen LogP contribution in [0.25, 0.3) is 0 Å². The molecule has 5 nitrogen and oxygen atoms in total. The second kappa shape index (κ2) is 6.91. The minimum Gasteiger partial charge on any atom is -0.387 e. The van der Waals surface area contributed by atoms with Crippen molar-refractivity contribution in [2.24, 2.45) is 18.7 Å². The van der Waals surface area contributed by atoms with Gasteiger partial charge in [-0.3, -0.25) is 15.0 Å². The fourth-order valence-corrected chi connectivity index (χ4v) is 2.35. The fourth-order valence-electron chi connectivity index (χ4n) is 1.99. The molecule has 0 aromatic carbocycles. The Morgan fingerprint density at radius 1 is 1.53 bits per heavy atom. The molecule has 1 aromatic rings. The van der Waals surface area contributed by atoms with E-state index in [4.69, 9.17) is 22.7 Å². The number of nitrogens with two attached hydrogens (primary N) is 1. The number of nitrogens with zero attached hydrogens (tertiary/aromatic N) is 3. The molecule has 1 rings (SSSR count). The van der Waals surface area contributed by atoms with Gasteiger partial charge in [-0.15, -0.1) is 0 Å². The van der Waals surface area contributed by atoms with Gasteiger partial charge in [0.2, 0.25) is 0 Å². The van der Waals surface area contributed by atoms with E-state index in [1.165, 1.54) is 0 Å². The topological polar surface area (TPSA) is 70.9 Å². The maximum Gasteiger partial charge on any atom is 0.0947 e. The number of amidine groups is 1. The highest BCUT2D eigenvalue weighted by molar-refractivity contribution is 6.31. The second-order valence-corrected chi connectivity index (χ2v) is 5.25. The summed E-state index contributed by atoms with van der Waals surface area (Å²) in [6.07, 6.45) is 0.836. The smallest absolute Gasteiger partial charge is 0.0947 e. The largest absolute Gasteiger partial charge is 0.387 e. The molecular weight excluding hydrogens is 262 g/mol. The van der Waals surface area contributed by atoms with Crippen LogP contribution in [0.1, 0.15) is 32.2 Å². The highest BCUT2D eigenvalue weighted by atomic mass is 35.5. The Kier molecular flexibility index (Phi) is 5.82. The van der Waals surface area contributed by atoms with Gasteiger partial charge in [0, 0.05) is 26.1 Å². The second-order valence-electron chi connectivity index (χ2n) is 4.87. The zero-order valence-electron chi connectivity index (χ0n) is 12.2. The first-order valence-electron chi connectivity index (χ1n) is 6.67. The van der Waals surface area contributed by atoms with Crippen LogP contribution in [0, 0.1) is 11.3 Å². The summed E-state index contributed by atoms with van der Waals surface area (Å²) in [5.74, 6) is 0.279. The van der Waals surface area contributed by atoms with E-state index < -0.39 is 0 Å². The van der Waals surface area contributed by atoms with E-state index >= 15 is 0 Å². The van der Waals surface area contributed by atoms with E-state index in [0.29, 0.717) is 0 Å². The van der Waals surface area contributed by atoms with Crippen molar-refractivity contribution in [3.63, 3.8) is 0 Å². The van der Waals surface area contributed by atoms with E-state index in [9.17, 15) is 0 Å². The first kappa shape index (κ1) is 16.0. The zero-order chi connectivity index (χ0) is 14.6. The molecule has 1 heterocycles. The fraction of sp³-hybridized carbons (Fsp3) is 0.692. The molecule has 0 fully saturated rings. The van der Waals surface area contributed by atoms with Crippen LogP contribution in [-0.2, 0) is 20.0 Å². The van der Waals surface area contributed by atoms with Crippen molar-refractivity contribution < 1.29 is 0 Å². The van der Waals surface area contributed by atoms with E-state index in [2.05, 4.69) is 16.9 Å². The minimum atomic E-state index is 0.0533. The Balaban J connectivity index is 2.81. The lowest BCUT2D eigenvalue weighted by Gasteiger charge is -2.23. The van der Waals surface area contributed by atoms with Crippen molar-refractivity contribution in [2.45, 2.75) is 33.7 Å². The molecule has 0 spiro atoms. The molecule has 0 aliphatic rings. The maximum atomic E-state index is 7.47. The Bertz CT molecular complexity index is 440. The predicted molar refractivity (Wildman–Crippen MR) is 79.6 cm³/mol. The summed E-state index contributed by atoms with van der Waals surface area (Å²) in [5, 5.41) is 12.7. The molecule has 1 atom stereocenters. The molecule has 0 saturated carbocycles. The molecule has 0 amide bonds. The van der Waals surface area contributed by atoms with Crippen LogP contribution in [0.15, 0.2) is 0 Å². The molecule has 1 aromatic heterocycles. The van der Waals surface area contributed by atoms with Gasteiger partial charge in [-0.1, -0.05) is 32.4 Å². The van der Waals surface area contributed by atoms with E-state index in [1.54, 1.807) is 0 Å². The third-order valence-electron chi connectivity index (χ3n) is 3.39. The van der Waals surface area contributed by atoms with Gasteiger partial charge in [-0.05, 0) is 13.0 Å². The Hall–Kier alpha value is -1.07. The summed E-state index contributed by atoms with van der Waals surface area (Å²) >= 11 is 6.35. The van der Waals surface area contributed by atoms with Crippen LogP contribution in [-0.4, -0.2) is 33.6 Å². The zero-order valence-corrected chi connectivity index (χ0v) is 13.0. The third-order valence-corrected chi connectivity index (χ3v) is 3.82. The normalized spacial score (nSPS) is 12.9. The Morgan fingerprint density at radius 3 is 2.58 bits per heavy atom. The summed E-state index contributed by atoms with van der Waals surface area (Å²) < 4.78 is 1.85. The van der Waals surface area contributed by atoms with Gasteiger partial charge in [-0.25, -0.2) is 0 Å². The van der Waals surface area contributed by atoms with Crippen molar-refractivity contribution in [1.82, 2.24) is 14.7 Å². The number of aryl methyl sites for hydroxylation is 2. The van der Waals surface area contributed by atoms with Crippen LogP contribution in [0.2, 0.25) is 5.02 Å². The van der Waals surface area contributed by atoms with Crippen LogP contribution in [0.3, 0.4) is 0 Å². The quantitative estimate of drug-likeness (QED) is 0.595. The summed E-state index contributed by atoms with van der Waals surface area (Å²) in [5.41, 5.74) is 7.49. The molecule has 19 heavy (non-hydrogen) atoms. The van der Waals surface area contributed by atoms with Gasteiger partial charge < -0.3 is 5.73 Å². The van der Waals surface area contributed by atoms with Crippen molar-refractivity contribution in [3.8, 4) is 0 Å². The van der Waals surface area contributed by atoms with Gasteiger partial charge in [0.1, 0.15) is 0 Å². The Morgan fingerprint density at radius 2 is 2.16 bits per heavy atom. The van der Waals surface area contributed by atoms with Gasteiger partial charge in [0.15, 0.2) is 0 Å². The van der Waals surface area contributed by atoms with Crippen molar-refractivity contribution in [1.29, 1.82) is 5.41 Å². The molecule has 108 valence electrons. The predicted octanol–water partition coefficient (Wildman–Crippen LogP) is 2.03. The average molecular weight is 286 g/mol. The number of halogens is 1. The maximum absolute atomic E-state index is 7.47. The standard InChI is InChI=1S/C13H24ClN5/c1-5-10-12(14)11(18(4)17-10)8-19(6-2)7-9(3)13(15)16/h9H,5-8H2,1-4H3,(H3,15,16). The van der Waals surface area contributed by atoms with Crippen LogP contribution in [0.5, 0.6) is 0 Å². The van der Waals surface area contributed by atoms with E-state index in [0.717, 1.165) is 42.5 Å². The van der Waals surface area contributed by atoms with Crippen LogP contribution in [0.4, 0.5) is 0 Å². The highest BCUT2D eigenvalue weighted by Gasteiger charge is 2.17. The molecule has 1 unspecified atom stereocenters. The first-order chi connectivity index (χ1) is 8.90. The van der Waals surface area contributed by atoms with E-state index in [-0.39, 0.29) is 11.8 Å². The van der Waals surface area contributed by atoms with Gasteiger partial charge in [0.05, 0.1) is 22.2 Å². The third kappa shape index (κ3) is 3.94. The molecular formula is C13H24ClN5. The summed E-state index contributed by atoms with van der Waals surface area (Å²) in [6, 6.07) is 0. The number of aromatic nitrogens is 2. The SMILES string of the molecule is CCc1nn(C)c(CN(CC)CC(C)C(=N)N)c1Cl. The summed E-state index contributed by atoms with van der Waals surface area (Å²) in [4.78, 5) is 2.23. The first-order valence-corrected chi connectivity index (χ1v) is 7.04. The van der Waals surface area contributed by atoms with Gasteiger partial charge in [-0.2, -0.15) is 5.10 Å². The molecule has 0 aliphatic carbocycles. The molecule has 0 aliphatic heterocycles. The average Bonchev–Trinajstić information content (AvgIpc) is 2.64. The lowest BCUT2D eigenvalue weighted by Crippen LogP contribution is -2.34. The number of hydrogen-bond donors (Lipinski definition) is 2. The molecule has 3 N–H and O–H groups in total. The monoisotopic (exact) mass is 285 g/mol. The lowest BCUT2D eigenvalue weighted by atomic mass is 10.1. The van der Waals surface area contributed by atoms with Crippen molar-refractivity contribution >= 4 is 17.4 Å². The summed E-state index contributed by atoms with van der Waals surface area (Å²) in [7, 11) is 1.92. The van der Waals surface area contributed by atoms with Crippen molar-refractivity contribution in [3.05, 3.63) is 16.4 Å². The highest BCUT2D eigenvalue weighted by Crippen LogP contribution is 2.22.